The number of hydrogen-bond acceptors (Lipinski definition) is 3. The van der Waals surface area contributed by atoms with Crippen molar-refractivity contribution >= 4 is 29.2 Å². The molecule has 1 spiro atoms. The molecule has 1 aliphatic carbocycles. The van der Waals surface area contributed by atoms with Gasteiger partial charge < -0.3 is 14.6 Å². The first-order valence-electron chi connectivity index (χ1n) is 7.43. The second-order valence-corrected chi connectivity index (χ2v) is 6.99. The molecule has 2 atom stereocenters. The molecule has 1 aliphatic heterocycles. The molecule has 1 heterocycles. The molecule has 22 heavy (non-hydrogen) atoms. The summed E-state index contributed by atoms with van der Waals surface area (Å²) in [5.74, 6) is -1.87. The third kappa shape index (κ3) is 2.62. The van der Waals surface area contributed by atoms with Crippen LogP contribution in [-0.2, 0) is 14.3 Å². The minimum atomic E-state index is -1.46. The van der Waals surface area contributed by atoms with Gasteiger partial charge in [0, 0.05) is 28.5 Å². The largest absolute Gasteiger partial charge is 0.479 e. The van der Waals surface area contributed by atoms with Crippen molar-refractivity contribution in [1.29, 1.82) is 0 Å². The molecule has 0 amide bonds. The molecule has 0 aromatic heterocycles. The smallest absolute Gasteiger partial charge is 0.338 e. The Bertz CT molecular complexity index is 598. The van der Waals surface area contributed by atoms with Gasteiger partial charge in [0.25, 0.3) is 0 Å². The molecule has 2 aliphatic rings. The van der Waals surface area contributed by atoms with Gasteiger partial charge in [0.05, 0.1) is 0 Å². The Hall–Kier alpha value is -0.810. The fraction of sp³-hybridized carbons (Fsp3) is 0.562. The molecule has 0 bridgehead atoms. The highest BCUT2D eigenvalue weighted by Gasteiger charge is 2.59. The van der Waals surface area contributed by atoms with Crippen LogP contribution in [-0.4, -0.2) is 22.5 Å². The van der Waals surface area contributed by atoms with E-state index in [-0.39, 0.29) is 0 Å². The van der Waals surface area contributed by atoms with Crippen LogP contribution < -0.4 is 0 Å². The molecule has 1 saturated heterocycles. The summed E-state index contributed by atoms with van der Waals surface area (Å²) in [5, 5.41) is 10.6. The lowest BCUT2D eigenvalue weighted by Gasteiger charge is -2.32. The number of carbonyl (C=O) groups is 1. The third-order valence-corrected chi connectivity index (χ3v) is 5.08. The second-order valence-electron chi connectivity index (χ2n) is 6.15. The van der Waals surface area contributed by atoms with E-state index in [1.165, 1.54) is 0 Å². The van der Waals surface area contributed by atoms with E-state index in [2.05, 4.69) is 0 Å². The number of hydrogen-bond donors (Lipinski definition) is 1. The Morgan fingerprint density at radius 2 is 1.95 bits per heavy atom. The average Bonchev–Trinajstić information content (AvgIpc) is 2.74. The van der Waals surface area contributed by atoms with Gasteiger partial charge in [-0.05, 0) is 31.9 Å². The van der Waals surface area contributed by atoms with Gasteiger partial charge in [0.15, 0.2) is 11.4 Å². The van der Waals surface area contributed by atoms with E-state index in [9.17, 15) is 9.90 Å². The van der Waals surface area contributed by atoms with Gasteiger partial charge in [0.2, 0.25) is 0 Å². The summed E-state index contributed by atoms with van der Waals surface area (Å²) in [4.78, 5) is 11.8. The number of benzene rings is 1. The van der Waals surface area contributed by atoms with Crippen molar-refractivity contribution in [2.45, 2.75) is 56.5 Å². The third-order valence-electron chi connectivity index (χ3n) is 4.52. The Balaban J connectivity index is 2.01. The fourth-order valence-electron chi connectivity index (χ4n) is 3.33. The molecule has 2 fully saturated rings. The standard InChI is InChI=1S/C16H18Cl2O4/c1-15(14(19)20)13(11-6-5-10(17)9-12(11)18)21-16(22-15)7-3-2-4-8-16/h5-6,9,13H,2-4,7-8H2,1H3,(H,19,20)/t13-,15+/m0/s1. The lowest BCUT2D eigenvalue weighted by atomic mass is 9.93. The van der Waals surface area contributed by atoms with Crippen molar-refractivity contribution in [3.05, 3.63) is 33.8 Å². The molecule has 1 N–H and O–H groups in total. The van der Waals surface area contributed by atoms with E-state index >= 15 is 0 Å². The molecule has 4 nitrogen and oxygen atoms in total. The van der Waals surface area contributed by atoms with Gasteiger partial charge in [-0.25, -0.2) is 4.79 Å². The predicted molar refractivity (Wildman–Crippen MR) is 83.2 cm³/mol. The topological polar surface area (TPSA) is 55.8 Å². The Kier molecular flexibility index (Phi) is 4.14. The predicted octanol–water partition coefficient (Wildman–Crippen LogP) is 4.59. The van der Waals surface area contributed by atoms with Crippen LogP contribution in [0.5, 0.6) is 0 Å². The molecule has 0 unspecified atom stereocenters. The molecular weight excluding hydrogens is 327 g/mol. The van der Waals surface area contributed by atoms with E-state index in [0.717, 1.165) is 19.3 Å². The van der Waals surface area contributed by atoms with Gasteiger partial charge in [-0.2, -0.15) is 0 Å². The zero-order valence-corrected chi connectivity index (χ0v) is 13.8. The van der Waals surface area contributed by atoms with E-state index in [0.29, 0.717) is 28.5 Å². The van der Waals surface area contributed by atoms with Crippen molar-refractivity contribution < 1.29 is 19.4 Å². The summed E-state index contributed by atoms with van der Waals surface area (Å²) >= 11 is 12.2. The molecule has 1 aromatic carbocycles. The first-order chi connectivity index (χ1) is 10.4. The SMILES string of the molecule is C[C@@]1(C(=O)O)OC2(CCCCC2)O[C@H]1c1ccc(Cl)cc1Cl. The molecular formula is C16H18Cl2O4. The van der Waals surface area contributed by atoms with Crippen molar-refractivity contribution in [2.24, 2.45) is 0 Å². The van der Waals surface area contributed by atoms with Crippen LogP contribution in [0.25, 0.3) is 0 Å². The number of carboxylic acids is 1. The highest BCUT2D eigenvalue weighted by atomic mass is 35.5. The van der Waals surface area contributed by atoms with Gasteiger partial charge >= 0.3 is 5.97 Å². The Morgan fingerprint density at radius 3 is 2.55 bits per heavy atom. The molecule has 120 valence electrons. The summed E-state index contributed by atoms with van der Waals surface area (Å²) < 4.78 is 12.1. The van der Waals surface area contributed by atoms with Crippen molar-refractivity contribution in [3.8, 4) is 0 Å². The first-order valence-corrected chi connectivity index (χ1v) is 8.18. The van der Waals surface area contributed by atoms with Crippen LogP contribution >= 0.6 is 23.2 Å². The Labute approximate surface area is 139 Å². The summed E-state index contributed by atoms with van der Waals surface area (Å²) in [6.07, 6.45) is 3.71. The zero-order valence-electron chi connectivity index (χ0n) is 12.3. The van der Waals surface area contributed by atoms with E-state index in [4.69, 9.17) is 32.7 Å². The number of halogens is 2. The minimum absolute atomic E-state index is 0.390. The quantitative estimate of drug-likeness (QED) is 0.852. The lowest BCUT2D eigenvalue weighted by molar-refractivity contribution is -0.211. The second kappa shape index (κ2) is 5.68. The fourth-order valence-corrected chi connectivity index (χ4v) is 3.84. The van der Waals surface area contributed by atoms with E-state index in [1.807, 2.05) is 0 Å². The van der Waals surface area contributed by atoms with Crippen molar-refractivity contribution in [2.75, 3.05) is 0 Å². The van der Waals surface area contributed by atoms with Gasteiger partial charge in [0.1, 0.15) is 6.10 Å². The average molecular weight is 345 g/mol. The van der Waals surface area contributed by atoms with E-state index in [1.54, 1.807) is 25.1 Å². The number of carboxylic acid groups (broad SMARTS) is 1. The van der Waals surface area contributed by atoms with Gasteiger partial charge in [-0.1, -0.05) is 35.7 Å². The van der Waals surface area contributed by atoms with Crippen LogP contribution in [0.2, 0.25) is 10.0 Å². The number of rotatable bonds is 2. The van der Waals surface area contributed by atoms with Crippen LogP contribution in [0.15, 0.2) is 18.2 Å². The molecule has 3 rings (SSSR count). The summed E-state index contributed by atoms with van der Waals surface area (Å²) in [6, 6.07) is 4.98. The highest BCUT2D eigenvalue weighted by Crippen LogP contribution is 2.52. The minimum Gasteiger partial charge on any atom is -0.479 e. The normalized spacial score (nSPS) is 30.6. The number of ether oxygens (including phenoxy) is 2. The zero-order chi connectivity index (χ0) is 16.0. The molecule has 6 heteroatoms. The maximum absolute atomic E-state index is 11.8. The van der Waals surface area contributed by atoms with E-state index < -0.39 is 23.5 Å². The maximum atomic E-state index is 11.8. The Morgan fingerprint density at radius 1 is 1.27 bits per heavy atom. The summed E-state index contributed by atoms with van der Waals surface area (Å²) in [7, 11) is 0. The van der Waals surface area contributed by atoms with Crippen molar-refractivity contribution in [3.63, 3.8) is 0 Å². The highest BCUT2D eigenvalue weighted by molar-refractivity contribution is 6.35. The maximum Gasteiger partial charge on any atom is 0.338 e. The monoisotopic (exact) mass is 344 g/mol. The lowest BCUT2D eigenvalue weighted by Crippen LogP contribution is -2.42. The van der Waals surface area contributed by atoms with Gasteiger partial charge in [-0.15, -0.1) is 0 Å². The van der Waals surface area contributed by atoms with Crippen LogP contribution in [0, 0.1) is 0 Å². The molecule has 1 saturated carbocycles. The molecule has 1 aromatic rings. The summed E-state index contributed by atoms with van der Waals surface area (Å²) in [5.41, 5.74) is -0.868. The van der Waals surface area contributed by atoms with Crippen LogP contribution in [0.1, 0.15) is 50.7 Å². The first kappa shape index (κ1) is 16.1. The van der Waals surface area contributed by atoms with Crippen LogP contribution in [0.3, 0.4) is 0 Å². The van der Waals surface area contributed by atoms with Crippen LogP contribution in [0.4, 0.5) is 0 Å². The number of aliphatic carboxylic acids is 1. The molecule has 0 radical (unpaired) electrons. The summed E-state index contributed by atoms with van der Waals surface area (Å²) in [6.45, 7) is 1.55. The van der Waals surface area contributed by atoms with Crippen molar-refractivity contribution in [1.82, 2.24) is 0 Å². The van der Waals surface area contributed by atoms with Gasteiger partial charge in [-0.3, -0.25) is 0 Å².